The molecule has 2 aromatic heterocycles. The van der Waals surface area contributed by atoms with Crippen molar-refractivity contribution in [3.63, 3.8) is 0 Å². The molecule has 3 aromatic carbocycles. The first-order valence-electron chi connectivity index (χ1n) is 10.1. The van der Waals surface area contributed by atoms with Gasteiger partial charge in [0, 0.05) is 31.4 Å². The summed E-state index contributed by atoms with van der Waals surface area (Å²) in [5, 5.41) is 8.40. The SMILES string of the molecule is Cc1ccc(-c2nc3cc(Cl)cc(Cl)c3o2)cc1NC(=S)NC(=O)c1sc2cc(Cl)ccc2c1Cl. The van der Waals surface area contributed by atoms with Crippen LogP contribution in [0.15, 0.2) is 52.9 Å². The normalized spacial score (nSPS) is 11.2. The highest BCUT2D eigenvalue weighted by molar-refractivity contribution is 7.80. The van der Waals surface area contributed by atoms with Gasteiger partial charge in [-0.15, -0.1) is 11.3 Å². The summed E-state index contributed by atoms with van der Waals surface area (Å²) in [6, 6.07) is 14.1. The molecule has 176 valence electrons. The summed E-state index contributed by atoms with van der Waals surface area (Å²) in [4.78, 5) is 17.7. The third kappa shape index (κ3) is 4.85. The summed E-state index contributed by atoms with van der Waals surface area (Å²) >= 11 is 31.4. The van der Waals surface area contributed by atoms with Crippen molar-refractivity contribution in [3.05, 3.63) is 79.1 Å². The molecule has 0 radical (unpaired) electrons. The molecular weight excluding hydrogens is 568 g/mol. The van der Waals surface area contributed by atoms with E-state index >= 15 is 0 Å². The van der Waals surface area contributed by atoms with Gasteiger partial charge in [-0.05, 0) is 61.1 Å². The Hall–Kier alpha value is -2.39. The van der Waals surface area contributed by atoms with Gasteiger partial charge in [0.05, 0.1) is 10.0 Å². The molecule has 0 aliphatic heterocycles. The maximum Gasteiger partial charge on any atom is 0.269 e. The van der Waals surface area contributed by atoms with Crippen LogP contribution in [0.2, 0.25) is 20.1 Å². The van der Waals surface area contributed by atoms with E-state index in [4.69, 9.17) is 63.0 Å². The molecule has 5 nitrogen and oxygen atoms in total. The van der Waals surface area contributed by atoms with Gasteiger partial charge < -0.3 is 9.73 Å². The summed E-state index contributed by atoms with van der Waals surface area (Å²) in [7, 11) is 0. The maximum absolute atomic E-state index is 12.9. The van der Waals surface area contributed by atoms with Crippen LogP contribution in [0.3, 0.4) is 0 Å². The molecule has 2 heterocycles. The number of thiocarbonyl (C=S) groups is 1. The number of amides is 1. The molecule has 0 fully saturated rings. The molecule has 0 bridgehead atoms. The highest BCUT2D eigenvalue weighted by atomic mass is 35.5. The topological polar surface area (TPSA) is 67.2 Å². The lowest BCUT2D eigenvalue weighted by molar-refractivity contribution is 0.0982. The number of oxazole rings is 1. The average Bonchev–Trinajstić information content (AvgIpc) is 3.36. The van der Waals surface area contributed by atoms with E-state index in [2.05, 4.69) is 15.6 Å². The number of aromatic nitrogens is 1. The molecule has 1 amide bonds. The Morgan fingerprint density at radius 3 is 2.63 bits per heavy atom. The van der Waals surface area contributed by atoms with Crippen LogP contribution in [0.25, 0.3) is 32.6 Å². The van der Waals surface area contributed by atoms with Crippen LogP contribution < -0.4 is 10.6 Å². The molecular formula is C24H13Cl4N3O2S2. The molecule has 0 atom stereocenters. The van der Waals surface area contributed by atoms with Crippen molar-refractivity contribution >= 4 is 108 Å². The Balaban J connectivity index is 1.37. The van der Waals surface area contributed by atoms with Gasteiger partial charge in [-0.1, -0.05) is 58.5 Å². The predicted molar refractivity (Wildman–Crippen MR) is 150 cm³/mol. The van der Waals surface area contributed by atoms with E-state index < -0.39 is 5.91 Å². The van der Waals surface area contributed by atoms with E-state index in [0.29, 0.717) is 53.2 Å². The smallest absolute Gasteiger partial charge is 0.269 e. The second-order valence-electron chi connectivity index (χ2n) is 7.58. The molecule has 0 spiro atoms. The van der Waals surface area contributed by atoms with E-state index in [1.165, 1.54) is 11.3 Å². The summed E-state index contributed by atoms with van der Waals surface area (Å²) in [6.07, 6.45) is 0. The summed E-state index contributed by atoms with van der Waals surface area (Å²) in [6.45, 7) is 1.91. The van der Waals surface area contributed by atoms with Crippen molar-refractivity contribution in [2.45, 2.75) is 6.92 Å². The van der Waals surface area contributed by atoms with Gasteiger partial charge in [-0.2, -0.15) is 0 Å². The molecule has 0 aliphatic rings. The zero-order valence-electron chi connectivity index (χ0n) is 17.7. The zero-order chi connectivity index (χ0) is 24.9. The second kappa shape index (κ2) is 9.58. The number of benzene rings is 3. The van der Waals surface area contributed by atoms with E-state index in [9.17, 15) is 4.79 Å². The number of nitrogens with zero attached hydrogens (tertiary/aromatic N) is 1. The first-order chi connectivity index (χ1) is 16.7. The summed E-state index contributed by atoms with van der Waals surface area (Å²) in [5.41, 5.74) is 3.27. The molecule has 2 N–H and O–H groups in total. The van der Waals surface area contributed by atoms with Gasteiger partial charge in [0.2, 0.25) is 5.89 Å². The number of rotatable bonds is 3. The number of halogens is 4. The van der Waals surface area contributed by atoms with E-state index in [0.717, 1.165) is 15.6 Å². The lowest BCUT2D eigenvalue weighted by Crippen LogP contribution is -2.34. The summed E-state index contributed by atoms with van der Waals surface area (Å²) < 4.78 is 6.67. The first kappa shape index (κ1) is 24.3. The molecule has 0 saturated heterocycles. The molecule has 5 aromatic rings. The standard InChI is InChI=1S/C24H13Cl4N3O2S2/c1-10-2-3-11(23-29-17-8-13(26)7-15(27)20(17)33-23)6-16(10)30-24(34)31-22(32)21-19(28)14-5-4-12(25)9-18(14)35-21/h2-9H,1H3,(H2,30,31,32,34). The monoisotopic (exact) mass is 579 g/mol. The number of nitrogens with one attached hydrogen (secondary N) is 2. The zero-order valence-corrected chi connectivity index (χ0v) is 22.4. The number of hydrogen-bond acceptors (Lipinski definition) is 5. The van der Waals surface area contributed by atoms with Gasteiger partial charge >= 0.3 is 0 Å². The first-order valence-corrected chi connectivity index (χ1v) is 12.8. The maximum atomic E-state index is 12.9. The number of carbonyl (C=O) groups is 1. The average molecular weight is 581 g/mol. The Labute approximate surface area is 228 Å². The van der Waals surface area contributed by atoms with Gasteiger partial charge in [0.1, 0.15) is 10.4 Å². The number of carbonyl (C=O) groups excluding carboxylic acids is 1. The van der Waals surface area contributed by atoms with Crippen LogP contribution in [-0.4, -0.2) is 16.0 Å². The molecule has 5 rings (SSSR count). The van der Waals surface area contributed by atoms with E-state index in [1.807, 2.05) is 25.1 Å². The quantitative estimate of drug-likeness (QED) is 0.209. The number of aryl methyl sites for hydroxylation is 1. The van der Waals surface area contributed by atoms with Crippen LogP contribution in [-0.2, 0) is 0 Å². The van der Waals surface area contributed by atoms with Crippen LogP contribution in [0.1, 0.15) is 15.2 Å². The molecule has 35 heavy (non-hydrogen) atoms. The molecule has 0 unspecified atom stereocenters. The van der Waals surface area contributed by atoms with Crippen molar-refractivity contribution < 1.29 is 9.21 Å². The molecule has 11 heteroatoms. The lowest BCUT2D eigenvalue weighted by Gasteiger charge is -2.12. The van der Waals surface area contributed by atoms with Crippen molar-refractivity contribution in [2.75, 3.05) is 5.32 Å². The minimum Gasteiger partial charge on any atom is -0.435 e. The number of anilines is 1. The van der Waals surface area contributed by atoms with Gasteiger partial charge in [-0.3, -0.25) is 10.1 Å². The lowest BCUT2D eigenvalue weighted by atomic mass is 10.1. The Morgan fingerprint density at radius 1 is 1.03 bits per heavy atom. The minimum atomic E-state index is -0.413. The van der Waals surface area contributed by atoms with Crippen molar-refractivity contribution in [1.29, 1.82) is 0 Å². The van der Waals surface area contributed by atoms with Crippen molar-refractivity contribution in [1.82, 2.24) is 10.3 Å². The largest absolute Gasteiger partial charge is 0.435 e. The minimum absolute atomic E-state index is 0.120. The number of fused-ring (bicyclic) bond motifs is 2. The number of thiophene rings is 1. The van der Waals surface area contributed by atoms with E-state index in [-0.39, 0.29) is 5.11 Å². The van der Waals surface area contributed by atoms with E-state index in [1.54, 1.807) is 30.3 Å². The van der Waals surface area contributed by atoms with Crippen molar-refractivity contribution in [2.24, 2.45) is 0 Å². The number of hydrogen-bond donors (Lipinski definition) is 2. The van der Waals surface area contributed by atoms with Crippen LogP contribution in [0.4, 0.5) is 5.69 Å². The Kier molecular flexibility index (Phi) is 6.65. The third-order valence-corrected chi connectivity index (χ3v) is 7.76. The van der Waals surface area contributed by atoms with Crippen LogP contribution in [0.5, 0.6) is 0 Å². The third-order valence-electron chi connectivity index (χ3n) is 5.17. The van der Waals surface area contributed by atoms with Crippen molar-refractivity contribution in [3.8, 4) is 11.5 Å². The Morgan fingerprint density at radius 2 is 1.83 bits per heavy atom. The highest BCUT2D eigenvalue weighted by Crippen LogP contribution is 2.37. The van der Waals surface area contributed by atoms with Gasteiger partial charge in [0.15, 0.2) is 10.7 Å². The summed E-state index contributed by atoms with van der Waals surface area (Å²) in [5.74, 6) is -0.0398. The predicted octanol–water partition coefficient (Wildman–Crippen LogP) is 8.76. The molecule has 0 aliphatic carbocycles. The Bertz CT molecular complexity index is 1660. The van der Waals surface area contributed by atoms with Gasteiger partial charge in [-0.25, -0.2) is 4.98 Å². The fourth-order valence-electron chi connectivity index (χ4n) is 3.47. The highest BCUT2D eigenvalue weighted by Gasteiger charge is 2.19. The fourth-order valence-corrected chi connectivity index (χ4v) is 5.88. The van der Waals surface area contributed by atoms with Gasteiger partial charge in [0.25, 0.3) is 5.91 Å². The molecule has 0 saturated carbocycles. The van der Waals surface area contributed by atoms with Crippen LogP contribution >= 0.6 is 70.0 Å². The fraction of sp³-hybridized carbons (Fsp3) is 0.0417. The van der Waals surface area contributed by atoms with Crippen LogP contribution in [0, 0.1) is 6.92 Å². The second-order valence-corrected chi connectivity index (χ2v) is 10.7.